The molecule has 1 N–H and O–H groups in total. The monoisotopic (exact) mass is 446 g/mol. The van der Waals surface area contributed by atoms with E-state index in [0.29, 0.717) is 18.0 Å². The fourth-order valence-electron chi connectivity index (χ4n) is 2.28. The van der Waals surface area contributed by atoms with Gasteiger partial charge in [0.15, 0.2) is 11.5 Å². The zero-order valence-corrected chi connectivity index (χ0v) is 15.3. The number of anilines is 2. The highest BCUT2D eigenvalue weighted by atomic mass is 79.9. The first-order valence-corrected chi connectivity index (χ1v) is 9.10. The molecule has 114 valence electrons. The van der Waals surface area contributed by atoms with Crippen molar-refractivity contribution in [3.05, 3.63) is 45.3 Å². The molecule has 0 amide bonds. The van der Waals surface area contributed by atoms with Gasteiger partial charge in [-0.1, -0.05) is 31.9 Å². The number of nitrogens with zero attached hydrogens (tertiary/aromatic N) is 1. The van der Waals surface area contributed by atoms with Gasteiger partial charge in [-0.25, -0.2) is 0 Å². The number of benzene rings is 2. The first-order chi connectivity index (χ1) is 10.5. The van der Waals surface area contributed by atoms with Crippen molar-refractivity contribution in [2.24, 2.45) is 0 Å². The van der Waals surface area contributed by atoms with Crippen molar-refractivity contribution in [3.63, 3.8) is 0 Å². The fraction of sp³-hybridized carbons (Fsp3) is 0.143. The van der Waals surface area contributed by atoms with Crippen LogP contribution in [0.25, 0.3) is 0 Å². The minimum Gasteiger partial charge on any atom is -0.453 e. The SMILES string of the molecule is O=[P+](O)OCCN1c2ccc(Br)cc2Oc2cc(Br)ccc21. The van der Waals surface area contributed by atoms with Crippen LogP contribution in [0.3, 0.4) is 0 Å². The van der Waals surface area contributed by atoms with Gasteiger partial charge in [-0.15, -0.1) is 9.42 Å². The number of hydrogen-bond acceptors (Lipinski definition) is 4. The van der Waals surface area contributed by atoms with Crippen LogP contribution in [0, 0.1) is 0 Å². The van der Waals surface area contributed by atoms with Gasteiger partial charge in [0.05, 0.1) is 17.9 Å². The van der Waals surface area contributed by atoms with Crippen LogP contribution in [0.4, 0.5) is 11.4 Å². The summed E-state index contributed by atoms with van der Waals surface area (Å²) in [5, 5.41) is 0. The summed E-state index contributed by atoms with van der Waals surface area (Å²) in [6.45, 7) is 0.574. The quantitative estimate of drug-likeness (QED) is 0.659. The zero-order chi connectivity index (χ0) is 15.7. The predicted molar refractivity (Wildman–Crippen MR) is 91.1 cm³/mol. The molecule has 2 aromatic rings. The van der Waals surface area contributed by atoms with Crippen molar-refractivity contribution in [1.82, 2.24) is 0 Å². The lowest BCUT2D eigenvalue weighted by Gasteiger charge is -2.32. The Hall–Kier alpha value is -0.980. The lowest BCUT2D eigenvalue weighted by Crippen LogP contribution is -2.24. The van der Waals surface area contributed by atoms with E-state index in [1.54, 1.807) is 0 Å². The second-order valence-electron chi connectivity index (χ2n) is 4.55. The van der Waals surface area contributed by atoms with Crippen LogP contribution in [-0.4, -0.2) is 18.0 Å². The van der Waals surface area contributed by atoms with Crippen molar-refractivity contribution in [2.45, 2.75) is 0 Å². The van der Waals surface area contributed by atoms with E-state index in [4.69, 9.17) is 14.2 Å². The Labute approximate surface area is 145 Å². The Morgan fingerprint density at radius 3 is 2.14 bits per heavy atom. The van der Waals surface area contributed by atoms with Crippen molar-refractivity contribution in [3.8, 4) is 11.5 Å². The molecule has 2 aromatic carbocycles. The molecule has 0 aliphatic carbocycles. The molecule has 0 saturated carbocycles. The number of fused-ring (bicyclic) bond motifs is 2. The average Bonchev–Trinajstić information content (AvgIpc) is 2.45. The second-order valence-corrected chi connectivity index (χ2v) is 7.11. The van der Waals surface area contributed by atoms with Gasteiger partial charge in [-0.05, 0) is 36.4 Å². The third-order valence-corrected chi connectivity index (χ3v) is 4.55. The number of hydrogen-bond donors (Lipinski definition) is 1. The fourth-order valence-corrected chi connectivity index (χ4v) is 3.20. The first kappa shape index (κ1) is 15.9. The number of ether oxygens (including phenoxy) is 1. The molecule has 22 heavy (non-hydrogen) atoms. The lowest BCUT2D eigenvalue weighted by atomic mass is 10.1. The molecule has 1 aliphatic heterocycles. The molecule has 0 aromatic heterocycles. The number of rotatable bonds is 4. The first-order valence-electron chi connectivity index (χ1n) is 6.38. The summed E-state index contributed by atoms with van der Waals surface area (Å²) in [5.41, 5.74) is 1.77. The molecule has 0 spiro atoms. The predicted octanol–water partition coefficient (Wildman–Crippen LogP) is 5.12. The number of halogens is 2. The van der Waals surface area contributed by atoms with E-state index >= 15 is 0 Å². The Morgan fingerprint density at radius 2 is 1.64 bits per heavy atom. The van der Waals surface area contributed by atoms with Crippen LogP contribution in [-0.2, 0) is 9.09 Å². The molecule has 1 atom stereocenters. The van der Waals surface area contributed by atoms with E-state index in [9.17, 15) is 4.57 Å². The van der Waals surface area contributed by atoms with E-state index in [-0.39, 0.29) is 6.61 Å². The molecule has 1 aliphatic rings. The molecular formula is C14H11Br2NO4P+. The molecule has 1 heterocycles. The molecule has 5 nitrogen and oxygen atoms in total. The van der Waals surface area contributed by atoms with E-state index in [1.807, 2.05) is 41.3 Å². The summed E-state index contributed by atoms with van der Waals surface area (Å²) in [5.74, 6) is 1.43. The van der Waals surface area contributed by atoms with Crippen LogP contribution < -0.4 is 9.64 Å². The van der Waals surface area contributed by atoms with Crippen LogP contribution in [0.15, 0.2) is 45.3 Å². The van der Waals surface area contributed by atoms with E-state index in [0.717, 1.165) is 20.3 Å². The minimum atomic E-state index is -2.60. The zero-order valence-electron chi connectivity index (χ0n) is 11.2. The highest BCUT2D eigenvalue weighted by Crippen LogP contribution is 2.48. The summed E-state index contributed by atoms with van der Waals surface area (Å²) in [4.78, 5) is 10.8. The molecule has 8 heteroatoms. The van der Waals surface area contributed by atoms with Crippen LogP contribution in [0.1, 0.15) is 0 Å². The summed E-state index contributed by atoms with van der Waals surface area (Å²) < 4.78 is 23.3. The van der Waals surface area contributed by atoms with Gasteiger partial charge < -0.3 is 9.64 Å². The Balaban J connectivity index is 1.98. The Kier molecular flexibility index (Phi) is 4.80. The molecule has 0 saturated heterocycles. The highest BCUT2D eigenvalue weighted by molar-refractivity contribution is 9.10. The Morgan fingerprint density at radius 1 is 1.09 bits per heavy atom. The van der Waals surface area contributed by atoms with Crippen molar-refractivity contribution in [2.75, 3.05) is 18.1 Å². The standard InChI is InChI=1S/C14H10Br2NO4P/c15-9-1-3-11-13(7-9)21-14-8-10(16)2-4-12(14)17(11)5-6-20-22(18)19/h1-4,7-8H,5-6H2/p+1. The van der Waals surface area contributed by atoms with Crippen molar-refractivity contribution < 1.29 is 18.7 Å². The molecule has 3 rings (SSSR count). The van der Waals surface area contributed by atoms with Crippen LogP contribution in [0.5, 0.6) is 11.5 Å². The van der Waals surface area contributed by atoms with Gasteiger partial charge in [-0.2, -0.15) is 0 Å². The highest BCUT2D eigenvalue weighted by Gasteiger charge is 2.25. The Bertz CT molecular complexity index is 689. The average molecular weight is 448 g/mol. The van der Waals surface area contributed by atoms with Gasteiger partial charge in [0.1, 0.15) is 6.61 Å². The van der Waals surface area contributed by atoms with Crippen molar-refractivity contribution >= 4 is 51.5 Å². The van der Waals surface area contributed by atoms with E-state index in [1.165, 1.54) is 0 Å². The topological polar surface area (TPSA) is 59.0 Å². The lowest BCUT2D eigenvalue weighted by molar-refractivity contribution is 0.288. The molecule has 0 fully saturated rings. The molecule has 1 unspecified atom stereocenters. The van der Waals surface area contributed by atoms with E-state index < -0.39 is 8.25 Å². The van der Waals surface area contributed by atoms with Gasteiger partial charge in [-0.3, -0.25) is 0 Å². The van der Waals surface area contributed by atoms with E-state index in [2.05, 4.69) is 31.9 Å². The van der Waals surface area contributed by atoms with Gasteiger partial charge >= 0.3 is 8.25 Å². The summed E-state index contributed by atoms with van der Waals surface area (Å²) in [6, 6.07) is 11.5. The van der Waals surface area contributed by atoms with Gasteiger partial charge in [0.25, 0.3) is 0 Å². The maximum atomic E-state index is 10.7. The normalized spacial score (nSPS) is 13.2. The minimum absolute atomic E-state index is 0.136. The molecular weight excluding hydrogens is 437 g/mol. The smallest absolute Gasteiger partial charge is 0.453 e. The summed E-state index contributed by atoms with van der Waals surface area (Å²) in [7, 11) is -2.60. The summed E-state index contributed by atoms with van der Waals surface area (Å²) in [6.07, 6.45) is 0. The molecule has 0 bridgehead atoms. The second kappa shape index (κ2) is 6.64. The maximum absolute atomic E-state index is 10.7. The van der Waals surface area contributed by atoms with Gasteiger partial charge in [0, 0.05) is 13.5 Å². The molecule has 0 radical (unpaired) electrons. The van der Waals surface area contributed by atoms with Crippen LogP contribution >= 0.6 is 40.1 Å². The third kappa shape index (κ3) is 3.34. The largest absolute Gasteiger partial charge is 0.694 e. The maximum Gasteiger partial charge on any atom is 0.694 e. The van der Waals surface area contributed by atoms with Crippen LogP contribution in [0.2, 0.25) is 0 Å². The van der Waals surface area contributed by atoms with Crippen molar-refractivity contribution in [1.29, 1.82) is 0 Å². The summed E-state index contributed by atoms with van der Waals surface area (Å²) >= 11 is 6.86. The van der Waals surface area contributed by atoms with Gasteiger partial charge in [0.2, 0.25) is 0 Å². The third-order valence-electron chi connectivity index (χ3n) is 3.16.